The Morgan fingerprint density at radius 3 is 2.67 bits per heavy atom. The highest BCUT2D eigenvalue weighted by atomic mass is 16.5. The molecule has 3 rings (SSSR count). The van der Waals surface area contributed by atoms with Gasteiger partial charge in [-0.3, -0.25) is 0 Å². The van der Waals surface area contributed by atoms with Crippen LogP contribution < -0.4 is 14.8 Å². The highest BCUT2D eigenvalue weighted by Gasteiger charge is 2.12. The summed E-state index contributed by atoms with van der Waals surface area (Å²) in [6.45, 7) is 2.02. The number of hydrogen-bond donors (Lipinski definition) is 1. The van der Waals surface area contributed by atoms with Crippen LogP contribution in [0.2, 0.25) is 0 Å². The van der Waals surface area contributed by atoms with Crippen molar-refractivity contribution in [1.29, 1.82) is 5.26 Å². The molecule has 1 aromatic heterocycles. The van der Waals surface area contributed by atoms with Crippen LogP contribution in [-0.2, 0) is 4.74 Å². The highest BCUT2D eigenvalue weighted by Crippen LogP contribution is 2.27. The zero-order chi connectivity index (χ0) is 21.5. The number of carbonyl (C=O) groups excluding carboxylic acids is 1. The predicted molar refractivity (Wildman–Crippen MR) is 111 cm³/mol. The molecule has 0 bridgehead atoms. The molecular formula is C22H20N4O4. The number of carbonyl (C=O) groups is 1. The fraction of sp³-hybridized carbons (Fsp3) is 0.182. The van der Waals surface area contributed by atoms with E-state index in [1.807, 2.05) is 6.07 Å². The van der Waals surface area contributed by atoms with Crippen LogP contribution >= 0.6 is 0 Å². The quantitative estimate of drug-likeness (QED) is 0.590. The Balaban J connectivity index is 1.91. The fourth-order valence-electron chi connectivity index (χ4n) is 2.78. The molecule has 8 nitrogen and oxygen atoms in total. The van der Waals surface area contributed by atoms with E-state index < -0.39 is 5.97 Å². The van der Waals surface area contributed by atoms with Gasteiger partial charge in [0.05, 0.1) is 37.6 Å². The van der Waals surface area contributed by atoms with E-state index in [1.165, 1.54) is 14.2 Å². The molecule has 1 heterocycles. The van der Waals surface area contributed by atoms with Crippen molar-refractivity contribution in [2.45, 2.75) is 6.92 Å². The zero-order valence-corrected chi connectivity index (χ0v) is 16.8. The molecule has 1 N–H and O–H groups in total. The number of hydrogen-bond acceptors (Lipinski definition) is 8. The Morgan fingerprint density at radius 1 is 1.13 bits per heavy atom. The number of nitrogens with one attached hydrogen (secondary N) is 1. The normalized spacial score (nSPS) is 10.1. The molecule has 0 radical (unpaired) electrons. The lowest BCUT2D eigenvalue weighted by Gasteiger charge is -2.11. The smallest absolute Gasteiger partial charge is 0.338 e. The molecule has 0 atom stereocenters. The van der Waals surface area contributed by atoms with Gasteiger partial charge in [-0.15, -0.1) is 0 Å². The highest BCUT2D eigenvalue weighted by molar-refractivity contribution is 5.91. The third-order valence-corrected chi connectivity index (χ3v) is 4.18. The summed E-state index contributed by atoms with van der Waals surface area (Å²) < 4.78 is 15.5. The summed E-state index contributed by atoms with van der Waals surface area (Å²) in [6.07, 6.45) is 1.60. The molecule has 0 aliphatic rings. The van der Waals surface area contributed by atoms with Crippen LogP contribution in [0.15, 0.2) is 48.7 Å². The first kappa shape index (κ1) is 20.6. The minimum absolute atomic E-state index is 0.274. The van der Waals surface area contributed by atoms with Crippen molar-refractivity contribution in [3.8, 4) is 28.8 Å². The van der Waals surface area contributed by atoms with Crippen LogP contribution in [0.4, 0.5) is 11.6 Å². The van der Waals surface area contributed by atoms with Crippen molar-refractivity contribution in [2.24, 2.45) is 0 Å². The fourth-order valence-corrected chi connectivity index (χ4v) is 2.78. The van der Waals surface area contributed by atoms with E-state index in [1.54, 1.807) is 49.5 Å². The van der Waals surface area contributed by atoms with Crippen LogP contribution in [-0.4, -0.2) is 36.8 Å². The first-order chi connectivity index (χ1) is 14.6. The molecule has 0 saturated heterocycles. The second-order valence-electron chi connectivity index (χ2n) is 6.09. The van der Waals surface area contributed by atoms with Gasteiger partial charge in [-0.1, -0.05) is 0 Å². The number of methoxy groups -OCH3 is 2. The van der Waals surface area contributed by atoms with Gasteiger partial charge in [0.2, 0.25) is 5.95 Å². The van der Waals surface area contributed by atoms with E-state index in [0.29, 0.717) is 40.0 Å². The van der Waals surface area contributed by atoms with E-state index in [4.69, 9.17) is 14.2 Å². The monoisotopic (exact) mass is 404 g/mol. The van der Waals surface area contributed by atoms with Crippen LogP contribution in [0.3, 0.4) is 0 Å². The summed E-state index contributed by atoms with van der Waals surface area (Å²) in [7, 11) is 3.03. The molecule has 8 heteroatoms. The van der Waals surface area contributed by atoms with E-state index in [0.717, 1.165) is 5.56 Å². The van der Waals surface area contributed by atoms with E-state index >= 15 is 0 Å². The molecule has 0 spiro atoms. The second kappa shape index (κ2) is 9.39. The van der Waals surface area contributed by atoms with Crippen LogP contribution in [0.5, 0.6) is 11.5 Å². The Labute approximate surface area is 174 Å². The van der Waals surface area contributed by atoms with Gasteiger partial charge in [0.25, 0.3) is 0 Å². The summed E-state index contributed by atoms with van der Waals surface area (Å²) in [6, 6.07) is 14.0. The van der Waals surface area contributed by atoms with Gasteiger partial charge < -0.3 is 19.5 Å². The molecule has 30 heavy (non-hydrogen) atoms. The third kappa shape index (κ3) is 4.64. The maximum Gasteiger partial charge on any atom is 0.338 e. The molecule has 0 saturated carbocycles. The van der Waals surface area contributed by atoms with Crippen molar-refractivity contribution in [3.05, 3.63) is 59.8 Å². The molecule has 0 fully saturated rings. The first-order valence-electron chi connectivity index (χ1n) is 9.12. The number of esters is 1. The lowest BCUT2D eigenvalue weighted by molar-refractivity contribution is 0.0526. The van der Waals surface area contributed by atoms with Crippen molar-refractivity contribution in [2.75, 3.05) is 26.1 Å². The number of rotatable bonds is 7. The average Bonchev–Trinajstić information content (AvgIpc) is 2.78. The average molecular weight is 404 g/mol. The number of benzene rings is 2. The number of nitriles is 1. The number of ether oxygens (including phenoxy) is 3. The van der Waals surface area contributed by atoms with E-state index in [-0.39, 0.29) is 6.61 Å². The van der Waals surface area contributed by atoms with E-state index in [2.05, 4.69) is 21.4 Å². The largest absolute Gasteiger partial charge is 0.497 e. The Bertz CT molecular complexity index is 1110. The SMILES string of the molecule is CCOC(=O)c1cc(Nc2nccc(-c3ccc(OC)c(C#N)c3)n2)cc(OC)c1. The Kier molecular flexibility index (Phi) is 6.45. The zero-order valence-electron chi connectivity index (χ0n) is 16.8. The van der Waals surface area contributed by atoms with Crippen molar-refractivity contribution >= 4 is 17.6 Å². The predicted octanol–water partition coefficient (Wildman–Crippen LogP) is 3.95. The molecule has 0 amide bonds. The number of aromatic nitrogens is 2. The van der Waals surface area contributed by atoms with Gasteiger partial charge in [0, 0.05) is 23.5 Å². The Morgan fingerprint density at radius 2 is 1.97 bits per heavy atom. The molecular weight excluding hydrogens is 384 g/mol. The lowest BCUT2D eigenvalue weighted by atomic mass is 10.1. The third-order valence-electron chi connectivity index (χ3n) is 4.18. The molecule has 2 aromatic carbocycles. The minimum Gasteiger partial charge on any atom is -0.497 e. The van der Waals surface area contributed by atoms with Crippen LogP contribution in [0.1, 0.15) is 22.8 Å². The van der Waals surface area contributed by atoms with Gasteiger partial charge in [-0.2, -0.15) is 5.26 Å². The summed E-state index contributed by atoms with van der Waals surface area (Å²) in [5.74, 6) is 0.867. The molecule has 3 aromatic rings. The van der Waals surface area contributed by atoms with Crippen LogP contribution in [0.25, 0.3) is 11.3 Å². The van der Waals surface area contributed by atoms with Gasteiger partial charge >= 0.3 is 5.97 Å². The lowest BCUT2D eigenvalue weighted by Crippen LogP contribution is -2.06. The first-order valence-corrected chi connectivity index (χ1v) is 9.12. The molecule has 0 aliphatic heterocycles. The second-order valence-corrected chi connectivity index (χ2v) is 6.09. The molecule has 0 aliphatic carbocycles. The molecule has 0 unspecified atom stereocenters. The maximum atomic E-state index is 12.1. The summed E-state index contributed by atoms with van der Waals surface area (Å²) in [4.78, 5) is 20.8. The maximum absolute atomic E-state index is 12.1. The number of anilines is 2. The summed E-state index contributed by atoms with van der Waals surface area (Å²) >= 11 is 0. The summed E-state index contributed by atoms with van der Waals surface area (Å²) in [5.41, 5.74) is 2.71. The van der Waals surface area contributed by atoms with E-state index in [9.17, 15) is 10.1 Å². The molecule has 152 valence electrons. The van der Waals surface area contributed by atoms with Crippen molar-refractivity contribution < 1.29 is 19.0 Å². The van der Waals surface area contributed by atoms with Crippen LogP contribution in [0, 0.1) is 11.3 Å². The van der Waals surface area contributed by atoms with Crippen molar-refractivity contribution in [1.82, 2.24) is 9.97 Å². The minimum atomic E-state index is -0.448. The topological polar surface area (TPSA) is 106 Å². The van der Waals surface area contributed by atoms with Crippen molar-refractivity contribution in [3.63, 3.8) is 0 Å². The van der Waals surface area contributed by atoms with Gasteiger partial charge in [0.1, 0.15) is 17.6 Å². The Hall–Kier alpha value is -4.12. The summed E-state index contributed by atoms with van der Waals surface area (Å²) in [5, 5.41) is 12.4. The van der Waals surface area contributed by atoms with Gasteiger partial charge in [-0.25, -0.2) is 14.8 Å². The van der Waals surface area contributed by atoms with Gasteiger partial charge in [0.15, 0.2) is 0 Å². The number of nitrogens with zero attached hydrogens (tertiary/aromatic N) is 3. The standard InChI is InChI=1S/C22H20N4O4/c1-4-30-21(27)15-10-17(12-18(11-15)28-2)25-22-24-8-7-19(26-22)14-5-6-20(29-3)16(9-14)13-23/h5-12H,4H2,1-3H3,(H,24,25,26). The van der Waals surface area contributed by atoms with Gasteiger partial charge in [-0.05, 0) is 43.3 Å².